The first-order valence-electron chi connectivity index (χ1n) is 9.87. The number of nitro benzene ring substituents is 1. The highest BCUT2D eigenvalue weighted by Gasteiger charge is 2.27. The molecule has 8 heteroatoms. The quantitative estimate of drug-likeness (QED) is 0.584. The molecule has 0 atom stereocenters. The molecule has 2 saturated heterocycles. The Kier molecular flexibility index (Phi) is 5.33. The van der Waals surface area contributed by atoms with Crippen LogP contribution < -0.4 is 9.80 Å². The molecule has 29 heavy (non-hydrogen) atoms. The molecule has 0 saturated carbocycles. The van der Waals surface area contributed by atoms with Gasteiger partial charge in [-0.3, -0.25) is 14.9 Å². The van der Waals surface area contributed by atoms with E-state index in [4.69, 9.17) is 0 Å². The molecule has 2 heterocycles. The number of carbonyl (C=O) groups excluding carboxylic acids is 1. The van der Waals surface area contributed by atoms with E-state index in [-0.39, 0.29) is 17.4 Å². The van der Waals surface area contributed by atoms with Crippen LogP contribution in [0.2, 0.25) is 0 Å². The van der Waals surface area contributed by atoms with Crippen LogP contribution in [0.25, 0.3) is 0 Å². The van der Waals surface area contributed by atoms with E-state index in [1.54, 1.807) is 35.2 Å². The lowest BCUT2D eigenvalue weighted by Gasteiger charge is -2.36. The van der Waals surface area contributed by atoms with Crippen molar-refractivity contribution < 1.29 is 14.1 Å². The van der Waals surface area contributed by atoms with Gasteiger partial charge in [0.15, 0.2) is 0 Å². The average molecular weight is 398 g/mol. The summed E-state index contributed by atoms with van der Waals surface area (Å²) in [4.78, 5) is 29.7. The molecule has 2 fully saturated rings. The normalized spacial score (nSPS) is 16.9. The Balaban J connectivity index is 1.48. The van der Waals surface area contributed by atoms with E-state index in [1.165, 1.54) is 12.1 Å². The molecule has 152 valence electrons. The van der Waals surface area contributed by atoms with E-state index < -0.39 is 4.92 Å². The summed E-state index contributed by atoms with van der Waals surface area (Å²) in [5.41, 5.74) is 1.40. The highest BCUT2D eigenvalue weighted by Crippen LogP contribution is 2.32. The summed E-state index contributed by atoms with van der Waals surface area (Å²) in [6.45, 7) is 3.50. The highest BCUT2D eigenvalue weighted by atomic mass is 19.1. The molecule has 0 bridgehead atoms. The molecule has 0 aliphatic carbocycles. The third kappa shape index (κ3) is 3.87. The van der Waals surface area contributed by atoms with Crippen molar-refractivity contribution in [1.82, 2.24) is 4.90 Å². The summed E-state index contributed by atoms with van der Waals surface area (Å²) < 4.78 is 14.0. The van der Waals surface area contributed by atoms with Crippen LogP contribution in [-0.2, 0) is 0 Å². The number of piperazine rings is 1. The third-order valence-corrected chi connectivity index (χ3v) is 5.63. The molecule has 2 aromatic rings. The number of amides is 1. The Labute approximate surface area is 168 Å². The van der Waals surface area contributed by atoms with Crippen molar-refractivity contribution >= 4 is 23.0 Å². The monoisotopic (exact) mass is 398 g/mol. The van der Waals surface area contributed by atoms with Gasteiger partial charge in [-0.05, 0) is 37.1 Å². The lowest BCUT2D eigenvalue weighted by atomic mass is 10.1. The van der Waals surface area contributed by atoms with Crippen LogP contribution in [0.4, 0.5) is 21.5 Å². The molecular formula is C21H23FN4O3. The third-order valence-electron chi connectivity index (χ3n) is 5.63. The number of hydrogen-bond acceptors (Lipinski definition) is 5. The second-order valence-electron chi connectivity index (χ2n) is 7.39. The minimum atomic E-state index is -0.416. The molecule has 2 aliphatic rings. The predicted molar refractivity (Wildman–Crippen MR) is 109 cm³/mol. The zero-order valence-electron chi connectivity index (χ0n) is 16.1. The lowest BCUT2D eigenvalue weighted by molar-refractivity contribution is -0.384. The molecule has 1 amide bonds. The largest absolute Gasteiger partial charge is 0.366 e. The zero-order valence-corrected chi connectivity index (χ0v) is 16.1. The van der Waals surface area contributed by atoms with Gasteiger partial charge in [-0.15, -0.1) is 0 Å². The molecule has 2 aliphatic heterocycles. The summed E-state index contributed by atoms with van der Waals surface area (Å²) in [7, 11) is 0. The maximum Gasteiger partial charge on any atom is 0.293 e. The zero-order chi connectivity index (χ0) is 20.4. The van der Waals surface area contributed by atoms with Gasteiger partial charge in [-0.25, -0.2) is 4.39 Å². The van der Waals surface area contributed by atoms with Crippen molar-refractivity contribution in [1.29, 1.82) is 0 Å². The first-order valence-corrected chi connectivity index (χ1v) is 9.87. The first kappa shape index (κ1) is 19.2. The number of hydrogen-bond donors (Lipinski definition) is 0. The van der Waals surface area contributed by atoms with Gasteiger partial charge in [0, 0.05) is 50.9 Å². The summed E-state index contributed by atoms with van der Waals surface area (Å²) >= 11 is 0. The lowest BCUT2D eigenvalue weighted by Crippen LogP contribution is -2.49. The second kappa shape index (κ2) is 8.06. The van der Waals surface area contributed by atoms with E-state index in [0.717, 1.165) is 25.9 Å². The number of benzene rings is 2. The van der Waals surface area contributed by atoms with E-state index in [1.807, 2.05) is 9.80 Å². The van der Waals surface area contributed by atoms with Crippen LogP contribution in [-0.4, -0.2) is 55.0 Å². The molecule has 2 aromatic carbocycles. The summed E-state index contributed by atoms with van der Waals surface area (Å²) in [6.07, 6.45) is 2.04. The number of rotatable bonds is 4. The van der Waals surface area contributed by atoms with Gasteiger partial charge in [-0.2, -0.15) is 0 Å². The number of para-hydroxylation sites is 1. The molecule has 4 rings (SSSR count). The van der Waals surface area contributed by atoms with E-state index >= 15 is 0 Å². The van der Waals surface area contributed by atoms with Crippen molar-refractivity contribution in [2.24, 2.45) is 0 Å². The minimum absolute atomic E-state index is 0.0252. The molecule has 0 N–H and O–H groups in total. The maximum atomic E-state index is 14.0. The maximum absolute atomic E-state index is 14.0. The number of anilines is 2. The van der Waals surface area contributed by atoms with Crippen LogP contribution in [0.3, 0.4) is 0 Å². The number of carbonyl (C=O) groups is 1. The minimum Gasteiger partial charge on any atom is -0.366 e. The van der Waals surface area contributed by atoms with Crippen molar-refractivity contribution in [2.45, 2.75) is 12.8 Å². The van der Waals surface area contributed by atoms with Crippen molar-refractivity contribution in [3.63, 3.8) is 0 Å². The van der Waals surface area contributed by atoms with Crippen molar-refractivity contribution in [2.75, 3.05) is 49.1 Å². The van der Waals surface area contributed by atoms with E-state index in [2.05, 4.69) is 0 Å². The fraction of sp³-hybridized carbons (Fsp3) is 0.381. The van der Waals surface area contributed by atoms with Gasteiger partial charge in [0.25, 0.3) is 11.6 Å². The van der Waals surface area contributed by atoms with Crippen molar-refractivity contribution in [3.8, 4) is 0 Å². The van der Waals surface area contributed by atoms with E-state index in [0.29, 0.717) is 43.1 Å². The van der Waals surface area contributed by atoms with Gasteiger partial charge in [0.2, 0.25) is 0 Å². The molecule has 0 unspecified atom stereocenters. The molecule has 0 aromatic heterocycles. The predicted octanol–water partition coefficient (Wildman–Crippen LogP) is 3.30. The Morgan fingerprint density at radius 3 is 2.21 bits per heavy atom. The number of nitrogens with zero attached hydrogens (tertiary/aromatic N) is 4. The molecular weight excluding hydrogens is 375 g/mol. The van der Waals surface area contributed by atoms with Crippen molar-refractivity contribution in [3.05, 3.63) is 64.0 Å². The van der Waals surface area contributed by atoms with Gasteiger partial charge < -0.3 is 14.7 Å². The van der Waals surface area contributed by atoms with Gasteiger partial charge in [0.05, 0.1) is 10.6 Å². The fourth-order valence-corrected chi connectivity index (χ4v) is 4.07. The number of nitro groups is 1. The topological polar surface area (TPSA) is 69.9 Å². The SMILES string of the molecule is O=C(c1ccc(N2CCCC2)c([N+](=O)[O-])c1)N1CCN(c2ccccc2F)CC1. The highest BCUT2D eigenvalue weighted by molar-refractivity contribution is 5.96. The summed E-state index contributed by atoms with van der Waals surface area (Å²) in [5, 5.41) is 11.6. The Hall–Kier alpha value is -3.16. The Morgan fingerprint density at radius 2 is 1.55 bits per heavy atom. The summed E-state index contributed by atoms with van der Waals surface area (Å²) in [5.74, 6) is -0.505. The van der Waals surface area contributed by atoms with E-state index in [9.17, 15) is 19.3 Å². The Morgan fingerprint density at radius 1 is 0.897 bits per heavy atom. The summed E-state index contributed by atoms with van der Waals surface area (Å²) in [6, 6.07) is 11.3. The van der Waals surface area contributed by atoms with Crippen LogP contribution in [0.5, 0.6) is 0 Å². The molecule has 0 spiro atoms. The second-order valence-corrected chi connectivity index (χ2v) is 7.39. The van der Waals surface area contributed by atoms with Crippen LogP contribution in [0.15, 0.2) is 42.5 Å². The van der Waals surface area contributed by atoms with Crippen LogP contribution >= 0.6 is 0 Å². The fourth-order valence-electron chi connectivity index (χ4n) is 4.07. The molecule has 7 nitrogen and oxygen atoms in total. The average Bonchev–Trinajstić information content (AvgIpc) is 3.28. The first-order chi connectivity index (χ1) is 14.0. The van der Waals surface area contributed by atoms with Crippen LogP contribution in [0, 0.1) is 15.9 Å². The standard InChI is InChI=1S/C21H23FN4O3/c22-17-5-1-2-6-18(17)24-11-13-25(14-12-24)21(27)16-7-8-19(20(15-16)26(28)29)23-9-3-4-10-23/h1-2,5-8,15H,3-4,9-14H2. The smallest absolute Gasteiger partial charge is 0.293 e. The van der Waals surface area contributed by atoms with Crippen LogP contribution in [0.1, 0.15) is 23.2 Å². The molecule has 0 radical (unpaired) electrons. The van der Waals surface area contributed by atoms with Gasteiger partial charge in [-0.1, -0.05) is 12.1 Å². The number of halogens is 1. The van der Waals surface area contributed by atoms with Gasteiger partial charge in [0.1, 0.15) is 11.5 Å². The van der Waals surface area contributed by atoms with Gasteiger partial charge >= 0.3 is 0 Å². The Bertz CT molecular complexity index is 922.